The molecule has 1 saturated heterocycles. The average molecular weight is 376 g/mol. The van der Waals surface area contributed by atoms with Crippen molar-refractivity contribution in [3.8, 4) is 0 Å². The largest absolute Gasteiger partial charge is 0.391 e. The number of amides is 1. The lowest BCUT2D eigenvalue weighted by molar-refractivity contribution is 0.0472. The summed E-state index contributed by atoms with van der Waals surface area (Å²) in [5, 5.41) is 13.3. The van der Waals surface area contributed by atoms with Gasteiger partial charge in [0.2, 0.25) is 0 Å². The van der Waals surface area contributed by atoms with Crippen molar-refractivity contribution in [1.29, 1.82) is 0 Å². The molecule has 0 aliphatic carbocycles. The highest BCUT2D eigenvalue weighted by Crippen LogP contribution is 2.15. The van der Waals surface area contributed by atoms with Gasteiger partial charge in [0.15, 0.2) is 0 Å². The quantitative estimate of drug-likeness (QED) is 0.639. The van der Waals surface area contributed by atoms with Crippen LogP contribution in [0.5, 0.6) is 0 Å². The van der Waals surface area contributed by atoms with Crippen LogP contribution in [-0.2, 0) is 0 Å². The molecule has 2 aromatic carbocycles. The molecule has 0 unspecified atom stereocenters. The van der Waals surface area contributed by atoms with Crippen molar-refractivity contribution in [2.24, 2.45) is 0 Å². The number of aromatic nitrogens is 2. The standard InChI is InChI=1S/C22H24N4O2/c27-21-10-12-26(11-4-7-16-5-2-1-3-6-16)14-20(21)25-22(28)17-8-9-18-19(13-17)24-15-23-18/h1-9,13,15,20-21,27H,10-12,14H2,(H,23,24)(H,25,28)/b7-4+/t20-,21+/m1/s1. The predicted molar refractivity (Wildman–Crippen MR) is 110 cm³/mol. The lowest BCUT2D eigenvalue weighted by Gasteiger charge is -2.36. The number of aliphatic hydroxyl groups is 1. The van der Waals surface area contributed by atoms with Crippen molar-refractivity contribution >= 4 is 23.0 Å². The third-order valence-electron chi connectivity index (χ3n) is 5.13. The molecule has 3 aromatic rings. The summed E-state index contributed by atoms with van der Waals surface area (Å²) in [5.41, 5.74) is 3.37. The Morgan fingerprint density at radius 1 is 1.29 bits per heavy atom. The zero-order chi connectivity index (χ0) is 19.3. The molecule has 144 valence electrons. The van der Waals surface area contributed by atoms with Gasteiger partial charge in [-0.1, -0.05) is 42.5 Å². The molecular formula is C22H24N4O2. The van der Waals surface area contributed by atoms with Crippen LogP contribution in [-0.4, -0.2) is 57.7 Å². The number of hydrogen-bond donors (Lipinski definition) is 3. The van der Waals surface area contributed by atoms with Crippen molar-refractivity contribution < 1.29 is 9.90 Å². The van der Waals surface area contributed by atoms with Crippen molar-refractivity contribution in [2.75, 3.05) is 19.6 Å². The summed E-state index contributed by atoms with van der Waals surface area (Å²) in [5.74, 6) is -0.178. The van der Waals surface area contributed by atoms with Gasteiger partial charge in [-0.2, -0.15) is 0 Å². The van der Waals surface area contributed by atoms with Crippen LogP contribution < -0.4 is 5.32 Å². The third-order valence-corrected chi connectivity index (χ3v) is 5.13. The second kappa shape index (κ2) is 8.37. The molecular weight excluding hydrogens is 352 g/mol. The van der Waals surface area contributed by atoms with Crippen LogP contribution in [0.15, 0.2) is 60.9 Å². The maximum Gasteiger partial charge on any atom is 0.251 e. The molecule has 2 atom stereocenters. The average Bonchev–Trinajstić information content (AvgIpc) is 3.19. The molecule has 1 aromatic heterocycles. The Hall–Kier alpha value is -2.96. The SMILES string of the molecule is O=C(N[C@@H]1CN(C/C=C/c2ccccc2)CC[C@@H]1O)c1ccc2nc[nH]c2c1. The minimum absolute atomic E-state index is 0.178. The molecule has 1 amide bonds. The molecule has 6 nitrogen and oxygen atoms in total. The molecule has 1 aliphatic rings. The molecule has 1 fully saturated rings. The number of likely N-dealkylation sites (tertiary alicyclic amines) is 1. The molecule has 0 saturated carbocycles. The number of imidazole rings is 1. The van der Waals surface area contributed by atoms with Gasteiger partial charge in [0.05, 0.1) is 29.5 Å². The molecule has 3 N–H and O–H groups in total. The van der Waals surface area contributed by atoms with E-state index in [1.807, 2.05) is 24.3 Å². The number of nitrogens with zero attached hydrogens (tertiary/aromatic N) is 2. The van der Waals surface area contributed by atoms with Crippen LogP contribution in [0.25, 0.3) is 17.1 Å². The first-order valence-electron chi connectivity index (χ1n) is 9.55. The van der Waals surface area contributed by atoms with Crippen LogP contribution in [0.3, 0.4) is 0 Å². The zero-order valence-corrected chi connectivity index (χ0v) is 15.6. The second-order valence-corrected chi connectivity index (χ2v) is 7.14. The Kier molecular flexibility index (Phi) is 5.50. The number of carbonyl (C=O) groups is 1. The number of carbonyl (C=O) groups excluding carboxylic acids is 1. The number of hydrogen-bond acceptors (Lipinski definition) is 4. The Labute approximate surface area is 163 Å². The van der Waals surface area contributed by atoms with Gasteiger partial charge < -0.3 is 15.4 Å². The summed E-state index contributed by atoms with van der Waals surface area (Å²) in [6.07, 6.45) is 5.94. The van der Waals surface area contributed by atoms with Crippen molar-refractivity contribution in [3.63, 3.8) is 0 Å². The third kappa shape index (κ3) is 4.30. The van der Waals surface area contributed by atoms with E-state index in [0.29, 0.717) is 18.5 Å². The van der Waals surface area contributed by atoms with E-state index in [1.54, 1.807) is 18.5 Å². The first-order chi connectivity index (χ1) is 13.7. The summed E-state index contributed by atoms with van der Waals surface area (Å²) in [7, 11) is 0. The minimum Gasteiger partial charge on any atom is -0.391 e. The molecule has 0 spiro atoms. The maximum atomic E-state index is 12.6. The van der Waals surface area contributed by atoms with E-state index in [9.17, 15) is 9.90 Å². The molecule has 0 bridgehead atoms. The molecule has 6 heteroatoms. The number of nitrogens with one attached hydrogen (secondary N) is 2. The summed E-state index contributed by atoms with van der Waals surface area (Å²) in [6.45, 7) is 2.22. The van der Waals surface area contributed by atoms with Crippen LogP contribution in [0.4, 0.5) is 0 Å². The van der Waals surface area contributed by atoms with Gasteiger partial charge in [-0.15, -0.1) is 0 Å². The highest BCUT2D eigenvalue weighted by molar-refractivity contribution is 5.97. The van der Waals surface area contributed by atoms with E-state index in [2.05, 4.69) is 44.5 Å². The lowest BCUT2D eigenvalue weighted by atomic mass is 10.0. The first-order valence-corrected chi connectivity index (χ1v) is 9.55. The molecule has 0 radical (unpaired) electrons. The fourth-order valence-electron chi connectivity index (χ4n) is 3.55. The number of rotatable bonds is 5. The molecule has 1 aliphatic heterocycles. The predicted octanol–water partition coefficient (Wildman–Crippen LogP) is 2.44. The monoisotopic (exact) mass is 376 g/mol. The smallest absolute Gasteiger partial charge is 0.251 e. The number of aliphatic hydroxyl groups excluding tert-OH is 1. The van der Waals surface area contributed by atoms with E-state index in [1.165, 1.54) is 5.56 Å². The first kappa shape index (κ1) is 18.4. The van der Waals surface area contributed by atoms with Crippen LogP contribution in [0, 0.1) is 0 Å². The summed E-state index contributed by atoms with van der Waals surface area (Å²) in [6, 6.07) is 15.2. The van der Waals surface area contributed by atoms with E-state index in [-0.39, 0.29) is 11.9 Å². The Balaban J connectivity index is 1.36. The van der Waals surface area contributed by atoms with Crippen LogP contribution >= 0.6 is 0 Å². The number of piperidine rings is 1. The highest BCUT2D eigenvalue weighted by Gasteiger charge is 2.28. The Bertz CT molecular complexity index is 967. The number of aromatic amines is 1. The number of H-pyrrole nitrogens is 1. The summed E-state index contributed by atoms with van der Waals surface area (Å²) in [4.78, 5) is 22.1. The van der Waals surface area contributed by atoms with Gasteiger partial charge >= 0.3 is 0 Å². The van der Waals surface area contributed by atoms with Gasteiger partial charge in [0, 0.05) is 25.2 Å². The fourth-order valence-corrected chi connectivity index (χ4v) is 3.55. The Morgan fingerprint density at radius 3 is 3.00 bits per heavy atom. The van der Waals surface area contributed by atoms with E-state index >= 15 is 0 Å². The zero-order valence-electron chi connectivity index (χ0n) is 15.6. The second-order valence-electron chi connectivity index (χ2n) is 7.14. The van der Waals surface area contributed by atoms with Gasteiger partial charge in [0.25, 0.3) is 5.91 Å². The van der Waals surface area contributed by atoms with Crippen LogP contribution in [0.1, 0.15) is 22.3 Å². The van der Waals surface area contributed by atoms with Crippen LogP contribution in [0.2, 0.25) is 0 Å². The van der Waals surface area contributed by atoms with E-state index in [4.69, 9.17) is 0 Å². The van der Waals surface area contributed by atoms with Gasteiger partial charge in [-0.3, -0.25) is 9.69 Å². The normalized spacial score (nSPS) is 20.6. The van der Waals surface area contributed by atoms with Gasteiger partial charge in [-0.25, -0.2) is 4.98 Å². The maximum absolute atomic E-state index is 12.6. The van der Waals surface area contributed by atoms with Crippen molar-refractivity contribution in [3.05, 3.63) is 72.1 Å². The van der Waals surface area contributed by atoms with Gasteiger partial charge in [0.1, 0.15) is 0 Å². The Morgan fingerprint density at radius 2 is 2.14 bits per heavy atom. The summed E-state index contributed by atoms with van der Waals surface area (Å²) < 4.78 is 0. The van der Waals surface area contributed by atoms with Crippen molar-refractivity contribution in [2.45, 2.75) is 18.6 Å². The lowest BCUT2D eigenvalue weighted by Crippen LogP contribution is -2.55. The minimum atomic E-state index is -0.533. The molecule has 2 heterocycles. The van der Waals surface area contributed by atoms with Gasteiger partial charge in [-0.05, 0) is 30.2 Å². The highest BCUT2D eigenvalue weighted by atomic mass is 16.3. The van der Waals surface area contributed by atoms with E-state index < -0.39 is 6.10 Å². The van der Waals surface area contributed by atoms with E-state index in [0.717, 1.165) is 24.1 Å². The molecule has 4 rings (SSSR count). The summed E-state index contributed by atoms with van der Waals surface area (Å²) >= 11 is 0. The van der Waals surface area contributed by atoms with Crippen molar-refractivity contribution in [1.82, 2.24) is 20.2 Å². The molecule has 28 heavy (non-hydrogen) atoms. The fraction of sp³-hybridized carbons (Fsp3) is 0.273. The topological polar surface area (TPSA) is 81.2 Å². The number of benzene rings is 2. The number of fused-ring (bicyclic) bond motifs is 1.